The fraction of sp³-hybridized carbons (Fsp3) is 0.450. The molecule has 0 radical (unpaired) electrons. The van der Waals surface area contributed by atoms with Crippen LogP contribution in [-0.2, 0) is 23.9 Å². The number of imide groups is 1. The van der Waals surface area contributed by atoms with Crippen molar-refractivity contribution in [1.29, 1.82) is 0 Å². The molecule has 1 atom stereocenters. The van der Waals surface area contributed by atoms with E-state index in [1.54, 1.807) is 12.1 Å². The maximum Gasteiger partial charge on any atom is 0.329 e. The molecule has 9 nitrogen and oxygen atoms in total. The molecule has 0 saturated carbocycles. The lowest BCUT2D eigenvalue weighted by Crippen LogP contribution is -2.47. The summed E-state index contributed by atoms with van der Waals surface area (Å²) in [5, 5.41) is 0. The van der Waals surface area contributed by atoms with E-state index < -0.39 is 42.3 Å². The van der Waals surface area contributed by atoms with Crippen molar-refractivity contribution in [1.82, 2.24) is 9.80 Å². The number of carbonyl (C=O) groups is 5. The second kappa shape index (κ2) is 9.31. The number of hydrogen-bond donors (Lipinski definition) is 0. The number of methoxy groups -OCH3 is 1. The highest BCUT2D eigenvalue weighted by Crippen LogP contribution is 2.27. The van der Waals surface area contributed by atoms with Crippen molar-refractivity contribution in [2.75, 3.05) is 27.3 Å². The number of ether oxygens (including phenoxy) is 2. The van der Waals surface area contributed by atoms with Crippen LogP contribution in [0.3, 0.4) is 0 Å². The molecule has 0 bridgehead atoms. The molecular weight excluding hydrogens is 380 g/mol. The average Bonchev–Trinajstić information content (AvgIpc) is 2.94. The molecule has 2 rings (SSSR count). The molecule has 1 heterocycles. The van der Waals surface area contributed by atoms with Gasteiger partial charge >= 0.3 is 11.9 Å². The Morgan fingerprint density at radius 1 is 1.07 bits per heavy atom. The Kier molecular flexibility index (Phi) is 7.08. The van der Waals surface area contributed by atoms with Crippen molar-refractivity contribution in [3.8, 4) is 0 Å². The third-order valence-electron chi connectivity index (χ3n) is 4.46. The van der Waals surface area contributed by atoms with E-state index in [9.17, 15) is 24.0 Å². The number of hydrogen-bond acceptors (Lipinski definition) is 7. The minimum Gasteiger partial charge on any atom is -0.468 e. The Bertz CT molecular complexity index is 799. The standard InChI is InChI=1S/C20H24N2O7/c1-12(2)9-15(20(27)29-11-16(23)21(3)10-17(24)28-4)22-18(25)13-7-5-6-8-14(13)19(22)26/h5-8,12,15H,9-11H2,1-4H3/t15-/m1/s1. The summed E-state index contributed by atoms with van der Waals surface area (Å²) < 4.78 is 9.56. The summed E-state index contributed by atoms with van der Waals surface area (Å²) in [5.74, 6) is -3.24. The molecule has 0 fully saturated rings. The quantitative estimate of drug-likeness (QED) is 0.467. The Hall–Kier alpha value is -3.23. The molecule has 29 heavy (non-hydrogen) atoms. The lowest BCUT2D eigenvalue weighted by Gasteiger charge is -2.26. The van der Waals surface area contributed by atoms with Gasteiger partial charge in [0, 0.05) is 7.05 Å². The SMILES string of the molecule is COC(=O)CN(C)C(=O)COC(=O)[C@@H](CC(C)C)N1C(=O)c2ccccc2C1=O. The van der Waals surface area contributed by atoms with Crippen LogP contribution in [0.2, 0.25) is 0 Å². The monoisotopic (exact) mass is 404 g/mol. The van der Waals surface area contributed by atoms with Crippen LogP contribution >= 0.6 is 0 Å². The predicted molar refractivity (Wildman–Crippen MR) is 101 cm³/mol. The van der Waals surface area contributed by atoms with Crippen LogP contribution in [0.15, 0.2) is 24.3 Å². The van der Waals surface area contributed by atoms with Crippen LogP contribution in [-0.4, -0.2) is 72.8 Å². The van der Waals surface area contributed by atoms with Gasteiger partial charge in [-0.3, -0.25) is 24.1 Å². The third-order valence-corrected chi connectivity index (χ3v) is 4.46. The molecule has 1 aromatic carbocycles. The van der Waals surface area contributed by atoms with Crippen LogP contribution in [0.1, 0.15) is 41.0 Å². The number of nitrogens with zero attached hydrogens (tertiary/aromatic N) is 2. The summed E-state index contributed by atoms with van der Waals surface area (Å²) in [6, 6.07) is 5.18. The number of likely N-dealkylation sites (N-methyl/N-ethyl adjacent to an activating group) is 1. The molecule has 0 unspecified atom stereocenters. The van der Waals surface area contributed by atoms with Crippen LogP contribution in [0.25, 0.3) is 0 Å². The predicted octanol–water partition coefficient (Wildman–Crippen LogP) is 0.872. The van der Waals surface area contributed by atoms with Gasteiger partial charge in [0.05, 0.1) is 18.2 Å². The smallest absolute Gasteiger partial charge is 0.329 e. The van der Waals surface area contributed by atoms with E-state index in [1.807, 2.05) is 13.8 Å². The van der Waals surface area contributed by atoms with E-state index in [4.69, 9.17) is 4.74 Å². The van der Waals surface area contributed by atoms with E-state index in [2.05, 4.69) is 4.74 Å². The van der Waals surface area contributed by atoms with Crippen LogP contribution in [0.4, 0.5) is 0 Å². The highest BCUT2D eigenvalue weighted by molar-refractivity contribution is 6.22. The van der Waals surface area contributed by atoms with Gasteiger partial charge in [0.25, 0.3) is 17.7 Å². The van der Waals surface area contributed by atoms with Gasteiger partial charge in [-0.05, 0) is 24.5 Å². The first-order valence-electron chi connectivity index (χ1n) is 9.11. The summed E-state index contributed by atoms with van der Waals surface area (Å²) in [7, 11) is 2.56. The molecule has 0 saturated heterocycles. The largest absolute Gasteiger partial charge is 0.468 e. The minimum absolute atomic E-state index is 0.0189. The molecule has 1 aromatic rings. The zero-order chi connectivity index (χ0) is 21.7. The number of benzene rings is 1. The molecule has 3 amide bonds. The van der Waals surface area contributed by atoms with E-state index in [1.165, 1.54) is 26.3 Å². The fourth-order valence-corrected chi connectivity index (χ4v) is 2.93. The van der Waals surface area contributed by atoms with E-state index >= 15 is 0 Å². The lowest BCUT2D eigenvalue weighted by molar-refractivity contribution is -0.156. The summed E-state index contributed by atoms with van der Waals surface area (Å²) in [6.45, 7) is 2.77. The first-order valence-corrected chi connectivity index (χ1v) is 9.11. The van der Waals surface area contributed by atoms with Gasteiger partial charge in [-0.15, -0.1) is 0 Å². The summed E-state index contributed by atoms with van der Waals surface area (Å²) >= 11 is 0. The number of rotatable bonds is 8. The van der Waals surface area contributed by atoms with E-state index in [0.29, 0.717) is 0 Å². The second-order valence-corrected chi connectivity index (χ2v) is 7.10. The molecule has 0 N–H and O–H groups in total. The maximum absolute atomic E-state index is 12.7. The van der Waals surface area contributed by atoms with E-state index in [-0.39, 0.29) is 30.0 Å². The molecule has 9 heteroatoms. The summed E-state index contributed by atoms with van der Waals surface area (Å²) in [5.41, 5.74) is 0.459. The van der Waals surface area contributed by atoms with Crippen molar-refractivity contribution in [2.45, 2.75) is 26.3 Å². The average molecular weight is 404 g/mol. The van der Waals surface area contributed by atoms with Crippen molar-refractivity contribution in [3.63, 3.8) is 0 Å². The Morgan fingerprint density at radius 2 is 1.62 bits per heavy atom. The topological polar surface area (TPSA) is 110 Å². The minimum atomic E-state index is -1.15. The fourth-order valence-electron chi connectivity index (χ4n) is 2.93. The third kappa shape index (κ3) is 4.98. The number of amides is 3. The van der Waals surface area contributed by atoms with Gasteiger partial charge in [0.15, 0.2) is 6.61 Å². The van der Waals surface area contributed by atoms with E-state index in [0.717, 1.165) is 9.80 Å². The van der Waals surface area contributed by atoms with Gasteiger partial charge < -0.3 is 14.4 Å². The number of fused-ring (bicyclic) bond motifs is 1. The van der Waals surface area contributed by atoms with Gasteiger partial charge in [-0.1, -0.05) is 26.0 Å². The normalized spacial score (nSPS) is 13.9. The van der Waals surface area contributed by atoms with Gasteiger partial charge in [0.2, 0.25) is 0 Å². The summed E-state index contributed by atoms with van der Waals surface area (Å²) in [6.07, 6.45) is 0.191. The van der Waals surface area contributed by atoms with Crippen LogP contribution < -0.4 is 0 Å². The Balaban J connectivity index is 2.12. The Labute approximate surface area is 168 Å². The van der Waals surface area contributed by atoms with Gasteiger partial charge in [-0.25, -0.2) is 4.79 Å². The van der Waals surface area contributed by atoms with Crippen molar-refractivity contribution in [2.24, 2.45) is 5.92 Å². The maximum atomic E-state index is 12.7. The van der Waals surface area contributed by atoms with Crippen LogP contribution in [0, 0.1) is 5.92 Å². The lowest BCUT2D eigenvalue weighted by atomic mass is 10.0. The Morgan fingerprint density at radius 3 is 2.10 bits per heavy atom. The van der Waals surface area contributed by atoms with Crippen LogP contribution in [0.5, 0.6) is 0 Å². The number of carbonyl (C=O) groups excluding carboxylic acids is 5. The molecule has 0 aliphatic carbocycles. The van der Waals surface area contributed by atoms with Gasteiger partial charge in [-0.2, -0.15) is 0 Å². The highest BCUT2D eigenvalue weighted by Gasteiger charge is 2.43. The number of esters is 2. The first kappa shape index (κ1) is 22.1. The second-order valence-electron chi connectivity index (χ2n) is 7.10. The van der Waals surface area contributed by atoms with Crippen molar-refractivity contribution in [3.05, 3.63) is 35.4 Å². The molecule has 0 aromatic heterocycles. The first-order chi connectivity index (χ1) is 13.7. The van der Waals surface area contributed by atoms with Gasteiger partial charge in [0.1, 0.15) is 12.6 Å². The van der Waals surface area contributed by atoms with Crippen molar-refractivity contribution >= 4 is 29.7 Å². The molecule has 156 valence electrons. The van der Waals surface area contributed by atoms with Crippen molar-refractivity contribution < 1.29 is 33.4 Å². The molecule has 1 aliphatic rings. The zero-order valence-corrected chi connectivity index (χ0v) is 16.8. The molecule has 1 aliphatic heterocycles. The highest BCUT2D eigenvalue weighted by atomic mass is 16.5. The molecular formula is C20H24N2O7. The summed E-state index contributed by atoms with van der Waals surface area (Å²) in [4.78, 5) is 63.4. The molecule has 0 spiro atoms. The zero-order valence-electron chi connectivity index (χ0n) is 16.8.